The monoisotopic (exact) mass is 363 g/mol. The van der Waals surface area contributed by atoms with Gasteiger partial charge in [-0.3, -0.25) is 9.69 Å². The molecule has 2 fully saturated rings. The van der Waals surface area contributed by atoms with Crippen LogP contribution in [0, 0.1) is 0 Å². The van der Waals surface area contributed by atoms with Crippen LogP contribution in [-0.4, -0.2) is 48.4 Å². The molecular formula is C23H29N3O. The number of anilines is 1. The molecule has 4 heteroatoms. The Labute approximate surface area is 162 Å². The number of carbonyl (C=O) groups excluding carboxylic acids is 1. The van der Waals surface area contributed by atoms with Crippen molar-refractivity contribution in [2.75, 3.05) is 38.0 Å². The van der Waals surface area contributed by atoms with E-state index in [1.54, 1.807) is 0 Å². The topological polar surface area (TPSA) is 35.6 Å². The molecule has 142 valence electrons. The SMILES string of the molecule is CCN1CCN(Cc2ccc(NC(=O)C3(c4ccccc4)CC3)cc2)CC1. The third-order valence-corrected chi connectivity index (χ3v) is 6.04. The number of nitrogens with one attached hydrogen (secondary N) is 1. The minimum Gasteiger partial charge on any atom is -0.325 e. The minimum atomic E-state index is -0.321. The molecule has 0 bridgehead atoms. The molecule has 0 aromatic heterocycles. The number of hydrogen-bond acceptors (Lipinski definition) is 3. The van der Waals surface area contributed by atoms with E-state index in [4.69, 9.17) is 0 Å². The van der Waals surface area contributed by atoms with Crippen LogP contribution in [0.5, 0.6) is 0 Å². The number of piperazine rings is 1. The molecule has 2 aliphatic rings. The zero-order valence-corrected chi connectivity index (χ0v) is 16.2. The first kappa shape index (κ1) is 18.2. The van der Waals surface area contributed by atoms with Gasteiger partial charge in [0.05, 0.1) is 5.41 Å². The van der Waals surface area contributed by atoms with Crippen LogP contribution in [0.4, 0.5) is 5.69 Å². The van der Waals surface area contributed by atoms with E-state index in [2.05, 4.69) is 46.3 Å². The Morgan fingerprint density at radius 2 is 1.56 bits per heavy atom. The highest BCUT2D eigenvalue weighted by Gasteiger charge is 2.51. The van der Waals surface area contributed by atoms with Crippen LogP contribution >= 0.6 is 0 Å². The summed E-state index contributed by atoms with van der Waals surface area (Å²) in [4.78, 5) is 17.8. The molecule has 1 heterocycles. The first-order chi connectivity index (χ1) is 13.2. The molecule has 4 rings (SSSR count). The van der Waals surface area contributed by atoms with Gasteiger partial charge in [0.2, 0.25) is 5.91 Å². The summed E-state index contributed by atoms with van der Waals surface area (Å²) in [6.07, 6.45) is 1.87. The number of hydrogen-bond donors (Lipinski definition) is 1. The Balaban J connectivity index is 1.34. The molecule has 2 aromatic rings. The first-order valence-corrected chi connectivity index (χ1v) is 10.1. The van der Waals surface area contributed by atoms with E-state index in [9.17, 15) is 4.79 Å². The van der Waals surface area contributed by atoms with Gasteiger partial charge in [-0.05, 0) is 42.6 Å². The molecule has 0 unspecified atom stereocenters. The van der Waals surface area contributed by atoms with Gasteiger partial charge in [0.25, 0.3) is 0 Å². The smallest absolute Gasteiger partial charge is 0.235 e. The van der Waals surface area contributed by atoms with Gasteiger partial charge in [0.15, 0.2) is 0 Å². The second kappa shape index (κ2) is 7.83. The maximum absolute atomic E-state index is 12.8. The molecule has 0 atom stereocenters. The van der Waals surface area contributed by atoms with E-state index in [1.165, 1.54) is 5.56 Å². The summed E-state index contributed by atoms with van der Waals surface area (Å²) in [5, 5.41) is 3.13. The van der Waals surface area contributed by atoms with Crippen molar-refractivity contribution in [3.8, 4) is 0 Å². The summed E-state index contributed by atoms with van der Waals surface area (Å²) < 4.78 is 0. The Kier molecular flexibility index (Phi) is 5.28. The summed E-state index contributed by atoms with van der Waals surface area (Å²) >= 11 is 0. The number of benzene rings is 2. The molecule has 1 aliphatic heterocycles. The van der Waals surface area contributed by atoms with Gasteiger partial charge in [-0.2, -0.15) is 0 Å². The van der Waals surface area contributed by atoms with Gasteiger partial charge < -0.3 is 10.2 Å². The molecule has 4 nitrogen and oxygen atoms in total. The highest BCUT2D eigenvalue weighted by atomic mass is 16.2. The van der Waals surface area contributed by atoms with E-state index in [1.807, 2.05) is 30.3 Å². The fourth-order valence-corrected chi connectivity index (χ4v) is 4.00. The number of rotatable bonds is 6. The van der Waals surface area contributed by atoms with Crippen LogP contribution in [0.25, 0.3) is 0 Å². The molecule has 1 N–H and O–H groups in total. The van der Waals surface area contributed by atoms with E-state index >= 15 is 0 Å². The predicted molar refractivity (Wildman–Crippen MR) is 110 cm³/mol. The van der Waals surface area contributed by atoms with E-state index in [-0.39, 0.29) is 11.3 Å². The average Bonchev–Trinajstić information content (AvgIpc) is 3.53. The van der Waals surface area contributed by atoms with Crippen LogP contribution < -0.4 is 5.32 Å². The molecule has 27 heavy (non-hydrogen) atoms. The highest BCUT2D eigenvalue weighted by Crippen LogP contribution is 2.48. The molecule has 2 aromatic carbocycles. The van der Waals surface area contributed by atoms with Crippen LogP contribution in [0.2, 0.25) is 0 Å². The summed E-state index contributed by atoms with van der Waals surface area (Å²) in [6, 6.07) is 18.5. The zero-order chi connectivity index (χ0) is 18.7. The third kappa shape index (κ3) is 4.07. The van der Waals surface area contributed by atoms with Gasteiger partial charge in [0, 0.05) is 38.4 Å². The van der Waals surface area contributed by atoms with Gasteiger partial charge in [-0.1, -0.05) is 49.4 Å². The number of amides is 1. The average molecular weight is 364 g/mol. The molecule has 1 aliphatic carbocycles. The van der Waals surface area contributed by atoms with E-state index < -0.39 is 0 Å². The zero-order valence-electron chi connectivity index (χ0n) is 16.2. The van der Waals surface area contributed by atoms with Crippen LogP contribution in [0.3, 0.4) is 0 Å². The molecule has 0 spiro atoms. The second-order valence-electron chi connectivity index (χ2n) is 7.81. The lowest BCUT2D eigenvalue weighted by Crippen LogP contribution is -2.45. The van der Waals surface area contributed by atoms with Crippen molar-refractivity contribution < 1.29 is 4.79 Å². The van der Waals surface area contributed by atoms with Crippen LogP contribution in [0.15, 0.2) is 54.6 Å². The van der Waals surface area contributed by atoms with Crippen LogP contribution in [0.1, 0.15) is 30.9 Å². The van der Waals surface area contributed by atoms with Crippen molar-refractivity contribution in [2.24, 2.45) is 0 Å². The van der Waals surface area contributed by atoms with E-state index in [0.29, 0.717) is 0 Å². The fraction of sp³-hybridized carbons (Fsp3) is 0.435. The van der Waals surface area contributed by atoms with Crippen molar-refractivity contribution in [1.29, 1.82) is 0 Å². The van der Waals surface area contributed by atoms with Crippen molar-refractivity contribution in [1.82, 2.24) is 9.80 Å². The quantitative estimate of drug-likeness (QED) is 0.853. The number of carbonyl (C=O) groups is 1. The normalized spacial score (nSPS) is 19.6. The van der Waals surface area contributed by atoms with Gasteiger partial charge in [-0.15, -0.1) is 0 Å². The lowest BCUT2D eigenvalue weighted by atomic mass is 9.95. The Hall–Kier alpha value is -2.17. The Bertz CT molecular complexity index is 760. The first-order valence-electron chi connectivity index (χ1n) is 10.1. The molecule has 0 radical (unpaired) electrons. The second-order valence-corrected chi connectivity index (χ2v) is 7.81. The molecule has 1 saturated carbocycles. The maximum atomic E-state index is 12.8. The maximum Gasteiger partial charge on any atom is 0.235 e. The van der Waals surface area contributed by atoms with Crippen molar-refractivity contribution in [3.05, 3.63) is 65.7 Å². The van der Waals surface area contributed by atoms with Crippen molar-refractivity contribution >= 4 is 11.6 Å². The molecule has 1 saturated heterocycles. The number of likely N-dealkylation sites (N-methyl/N-ethyl adjacent to an activating group) is 1. The van der Waals surface area contributed by atoms with Crippen molar-refractivity contribution in [2.45, 2.75) is 31.7 Å². The summed E-state index contributed by atoms with van der Waals surface area (Å²) in [5.41, 5.74) is 3.01. The highest BCUT2D eigenvalue weighted by molar-refractivity contribution is 6.01. The van der Waals surface area contributed by atoms with E-state index in [0.717, 1.165) is 63.4 Å². The predicted octanol–water partition coefficient (Wildman–Crippen LogP) is 3.49. The standard InChI is InChI=1S/C23H29N3O/c1-2-25-14-16-26(17-15-25)18-19-8-10-21(11-9-19)24-22(27)23(12-13-23)20-6-4-3-5-7-20/h3-11H,2,12-18H2,1H3,(H,24,27). The Morgan fingerprint density at radius 1 is 0.926 bits per heavy atom. The van der Waals surface area contributed by atoms with Gasteiger partial charge >= 0.3 is 0 Å². The lowest BCUT2D eigenvalue weighted by Gasteiger charge is -2.34. The van der Waals surface area contributed by atoms with Crippen LogP contribution in [-0.2, 0) is 16.8 Å². The summed E-state index contributed by atoms with van der Waals surface area (Å²) in [7, 11) is 0. The van der Waals surface area contributed by atoms with Gasteiger partial charge in [-0.25, -0.2) is 0 Å². The summed E-state index contributed by atoms with van der Waals surface area (Å²) in [6.45, 7) is 8.94. The molecular weight excluding hydrogens is 334 g/mol. The summed E-state index contributed by atoms with van der Waals surface area (Å²) in [5.74, 6) is 0.122. The number of nitrogens with zero attached hydrogens (tertiary/aromatic N) is 2. The van der Waals surface area contributed by atoms with Crippen molar-refractivity contribution in [3.63, 3.8) is 0 Å². The molecule has 1 amide bonds. The lowest BCUT2D eigenvalue weighted by molar-refractivity contribution is -0.118. The third-order valence-electron chi connectivity index (χ3n) is 6.04. The van der Waals surface area contributed by atoms with Gasteiger partial charge in [0.1, 0.15) is 0 Å². The Morgan fingerprint density at radius 3 is 2.15 bits per heavy atom. The fourth-order valence-electron chi connectivity index (χ4n) is 4.00. The minimum absolute atomic E-state index is 0.122. The largest absolute Gasteiger partial charge is 0.325 e.